The average molecular weight is 312 g/mol. The van der Waals surface area contributed by atoms with Gasteiger partial charge < -0.3 is 19.6 Å². The van der Waals surface area contributed by atoms with Crippen LogP contribution in [0.15, 0.2) is 0 Å². The third-order valence-electron chi connectivity index (χ3n) is 3.94. The topological polar surface area (TPSA) is 64.2 Å². The molecule has 0 aromatic heterocycles. The summed E-state index contributed by atoms with van der Waals surface area (Å²) in [6.07, 6.45) is 0.340. The number of hydrogen-bond acceptors (Lipinski definition) is 4. The van der Waals surface area contributed by atoms with E-state index in [-0.39, 0.29) is 17.7 Å². The summed E-state index contributed by atoms with van der Waals surface area (Å²) < 4.78 is 0. The number of rotatable bonds is 6. The van der Waals surface area contributed by atoms with Crippen LogP contribution in [-0.2, 0) is 14.4 Å². The third-order valence-corrected chi connectivity index (χ3v) is 3.94. The minimum Gasteiger partial charge on any atom is -0.341 e. The van der Waals surface area contributed by atoms with Crippen molar-refractivity contribution in [2.45, 2.75) is 20.3 Å². The summed E-state index contributed by atoms with van der Waals surface area (Å²) in [7, 11) is 3.91. The average Bonchev–Trinajstić information content (AvgIpc) is 2.46. The lowest BCUT2D eigenvalue weighted by Crippen LogP contribution is -2.50. The zero-order chi connectivity index (χ0) is 16.7. The van der Waals surface area contributed by atoms with Crippen molar-refractivity contribution in [2.75, 3.05) is 59.9 Å². The van der Waals surface area contributed by atoms with E-state index >= 15 is 0 Å². The number of amides is 3. The molecule has 0 bridgehead atoms. The van der Waals surface area contributed by atoms with Crippen molar-refractivity contribution < 1.29 is 14.4 Å². The van der Waals surface area contributed by atoms with Crippen LogP contribution in [0, 0.1) is 0 Å². The van der Waals surface area contributed by atoms with Crippen molar-refractivity contribution in [2.24, 2.45) is 0 Å². The van der Waals surface area contributed by atoms with Crippen LogP contribution >= 0.6 is 0 Å². The van der Waals surface area contributed by atoms with Crippen LogP contribution in [0.2, 0.25) is 0 Å². The molecule has 7 nitrogen and oxygen atoms in total. The second-order valence-electron chi connectivity index (χ2n) is 5.95. The van der Waals surface area contributed by atoms with Crippen molar-refractivity contribution in [1.29, 1.82) is 0 Å². The monoisotopic (exact) mass is 312 g/mol. The molecule has 7 heteroatoms. The van der Waals surface area contributed by atoms with Crippen LogP contribution in [0.5, 0.6) is 0 Å². The Morgan fingerprint density at radius 3 is 1.86 bits per heavy atom. The van der Waals surface area contributed by atoms with Gasteiger partial charge in [0.2, 0.25) is 17.7 Å². The van der Waals surface area contributed by atoms with E-state index in [9.17, 15) is 14.4 Å². The van der Waals surface area contributed by atoms with E-state index in [1.54, 1.807) is 21.6 Å². The Hall–Kier alpha value is -1.63. The Balaban J connectivity index is 2.37. The summed E-state index contributed by atoms with van der Waals surface area (Å²) in [5.74, 6) is 0.105. The number of likely N-dealkylation sites (N-methyl/N-ethyl adjacent to an activating group) is 1. The summed E-state index contributed by atoms with van der Waals surface area (Å²) in [5, 5.41) is 0. The summed E-state index contributed by atoms with van der Waals surface area (Å²) in [5.41, 5.74) is 0. The van der Waals surface area contributed by atoms with E-state index in [1.165, 1.54) is 6.92 Å². The molecule has 1 aliphatic rings. The quantitative estimate of drug-likeness (QED) is 0.662. The number of piperazine rings is 1. The minimum atomic E-state index is -0.00366. The molecule has 0 aliphatic carbocycles. The van der Waals surface area contributed by atoms with Gasteiger partial charge in [-0.2, -0.15) is 0 Å². The lowest BCUT2D eigenvalue weighted by Gasteiger charge is -2.34. The zero-order valence-electron chi connectivity index (χ0n) is 14.2. The van der Waals surface area contributed by atoms with Gasteiger partial charge in [0, 0.05) is 66.1 Å². The number of nitrogens with zero attached hydrogens (tertiary/aromatic N) is 4. The fraction of sp³-hybridized carbons (Fsp3) is 0.800. The highest BCUT2D eigenvalue weighted by Crippen LogP contribution is 2.05. The van der Waals surface area contributed by atoms with Gasteiger partial charge in [-0.3, -0.25) is 14.4 Å². The normalized spacial score (nSPS) is 15.1. The van der Waals surface area contributed by atoms with Gasteiger partial charge in [0.15, 0.2) is 0 Å². The molecular weight excluding hydrogens is 284 g/mol. The predicted octanol–water partition coefficient (Wildman–Crippen LogP) is -0.523. The van der Waals surface area contributed by atoms with E-state index in [0.29, 0.717) is 45.7 Å². The molecular formula is C15H28N4O3. The smallest absolute Gasteiger partial charge is 0.224 e. The Morgan fingerprint density at radius 2 is 1.41 bits per heavy atom. The molecule has 126 valence electrons. The Bertz CT molecular complexity index is 404. The van der Waals surface area contributed by atoms with E-state index < -0.39 is 0 Å². The molecule has 0 N–H and O–H groups in total. The predicted molar refractivity (Wildman–Crippen MR) is 84.3 cm³/mol. The van der Waals surface area contributed by atoms with Crippen molar-refractivity contribution in [3.05, 3.63) is 0 Å². The zero-order valence-corrected chi connectivity index (χ0v) is 14.2. The molecule has 1 rings (SSSR count). The maximum absolute atomic E-state index is 12.2. The largest absolute Gasteiger partial charge is 0.341 e. The first-order valence-corrected chi connectivity index (χ1v) is 7.74. The molecule has 0 atom stereocenters. The SMILES string of the molecule is CC(=O)N(CCC(=O)N1CCN(C(C)=O)CC1)CCN(C)C. The van der Waals surface area contributed by atoms with E-state index in [0.717, 1.165) is 6.54 Å². The van der Waals surface area contributed by atoms with Gasteiger partial charge in [-0.25, -0.2) is 0 Å². The lowest BCUT2D eigenvalue weighted by atomic mass is 10.2. The van der Waals surface area contributed by atoms with E-state index in [1.807, 2.05) is 19.0 Å². The van der Waals surface area contributed by atoms with Crippen LogP contribution in [0.25, 0.3) is 0 Å². The van der Waals surface area contributed by atoms with E-state index in [4.69, 9.17) is 0 Å². The van der Waals surface area contributed by atoms with Crippen LogP contribution in [0.1, 0.15) is 20.3 Å². The number of carbonyl (C=O) groups excluding carboxylic acids is 3. The summed E-state index contributed by atoms with van der Waals surface area (Å²) in [4.78, 5) is 42.3. The van der Waals surface area contributed by atoms with Crippen molar-refractivity contribution in [3.63, 3.8) is 0 Å². The van der Waals surface area contributed by atoms with Crippen molar-refractivity contribution in [1.82, 2.24) is 19.6 Å². The molecule has 1 fully saturated rings. The van der Waals surface area contributed by atoms with Crippen molar-refractivity contribution in [3.8, 4) is 0 Å². The highest BCUT2D eigenvalue weighted by molar-refractivity contribution is 5.79. The van der Waals surface area contributed by atoms with Crippen LogP contribution in [-0.4, -0.2) is 97.2 Å². The molecule has 1 aliphatic heterocycles. The molecule has 1 heterocycles. The van der Waals surface area contributed by atoms with Gasteiger partial charge in [0.25, 0.3) is 0 Å². The molecule has 0 unspecified atom stereocenters. The van der Waals surface area contributed by atoms with Crippen LogP contribution in [0.3, 0.4) is 0 Å². The Morgan fingerprint density at radius 1 is 0.864 bits per heavy atom. The molecule has 0 aromatic rings. The van der Waals surface area contributed by atoms with Crippen LogP contribution in [0.4, 0.5) is 0 Å². The number of carbonyl (C=O) groups is 3. The molecule has 3 amide bonds. The molecule has 22 heavy (non-hydrogen) atoms. The first-order chi connectivity index (χ1) is 10.3. The first-order valence-electron chi connectivity index (χ1n) is 7.74. The molecule has 0 spiro atoms. The molecule has 1 saturated heterocycles. The van der Waals surface area contributed by atoms with Gasteiger partial charge in [-0.05, 0) is 14.1 Å². The Labute approximate surface area is 132 Å². The summed E-state index contributed by atoms with van der Waals surface area (Å²) in [6.45, 7) is 7.30. The fourth-order valence-corrected chi connectivity index (χ4v) is 2.41. The maximum Gasteiger partial charge on any atom is 0.224 e. The van der Waals surface area contributed by atoms with Crippen LogP contribution < -0.4 is 0 Å². The van der Waals surface area contributed by atoms with Gasteiger partial charge >= 0.3 is 0 Å². The second kappa shape index (κ2) is 8.73. The van der Waals surface area contributed by atoms with E-state index in [2.05, 4.69) is 0 Å². The Kier molecular flexibility index (Phi) is 7.31. The van der Waals surface area contributed by atoms with Crippen molar-refractivity contribution >= 4 is 17.7 Å². The molecule has 0 saturated carbocycles. The second-order valence-corrected chi connectivity index (χ2v) is 5.95. The summed E-state index contributed by atoms with van der Waals surface area (Å²) in [6, 6.07) is 0. The molecule has 0 radical (unpaired) electrons. The fourth-order valence-electron chi connectivity index (χ4n) is 2.41. The van der Waals surface area contributed by atoms with Gasteiger partial charge in [-0.15, -0.1) is 0 Å². The van der Waals surface area contributed by atoms with Gasteiger partial charge in [-0.1, -0.05) is 0 Å². The maximum atomic E-state index is 12.2. The highest BCUT2D eigenvalue weighted by Gasteiger charge is 2.22. The molecule has 0 aromatic carbocycles. The minimum absolute atomic E-state index is 0.00366. The van der Waals surface area contributed by atoms with Gasteiger partial charge in [0.05, 0.1) is 0 Å². The highest BCUT2D eigenvalue weighted by atomic mass is 16.2. The third kappa shape index (κ3) is 6.01. The number of hydrogen-bond donors (Lipinski definition) is 0. The summed E-state index contributed by atoms with van der Waals surface area (Å²) >= 11 is 0. The standard InChI is InChI=1S/C15H28N4O3/c1-13(20)17(8-7-16(3)4)6-5-15(22)19-11-9-18(10-12-19)14(2)21/h5-12H2,1-4H3. The first kappa shape index (κ1) is 18.4. The lowest BCUT2D eigenvalue weighted by molar-refractivity contribution is -0.139. The van der Waals surface area contributed by atoms with Gasteiger partial charge in [0.1, 0.15) is 0 Å².